The van der Waals surface area contributed by atoms with Crippen molar-refractivity contribution in [2.75, 3.05) is 20.3 Å². The molecule has 112 valence electrons. The molecule has 1 unspecified atom stereocenters. The largest absolute Gasteiger partial charge is 0.380 e. The number of benzene rings is 1. The molecule has 0 saturated carbocycles. The van der Waals surface area contributed by atoms with Crippen LogP contribution in [-0.2, 0) is 21.3 Å². The van der Waals surface area contributed by atoms with E-state index in [1.807, 2.05) is 19.1 Å². The maximum Gasteiger partial charge on any atom is 0.241 e. The lowest BCUT2D eigenvalue weighted by atomic mass is 9.97. The first kappa shape index (κ1) is 15.4. The Labute approximate surface area is 120 Å². The summed E-state index contributed by atoms with van der Waals surface area (Å²) in [7, 11) is -1.74. The van der Waals surface area contributed by atoms with E-state index < -0.39 is 15.6 Å². The molecule has 1 heterocycles. The van der Waals surface area contributed by atoms with Gasteiger partial charge < -0.3 is 10.1 Å². The molecule has 1 aromatic rings. The lowest BCUT2D eigenvalue weighted by molar-refractivity contribution is 0.0386. The Morgan fingerprint density at radius 2 is 2.10 bits per heavy atom. The van der Waals surface area contributed by atoms with E-state index in [-0.39, 0.29) is 0 Å². The van der Waals surface area contributed by atoms with Crippen LogP contribution < -0.4 is 10.0 Å². The van der Waals surface area contributed by atoms with Gasteiger partial charge in [-0.05, 0) is 38.4 Å². The van der Waals surface area contributed by atoms with Crippen LogP contribution in [0.5, 0.6) is 0 Å². The third kappa shape index (κ3) is 3.58. The third-order valence-electron chi connectivity index (χ3n) is 3.45. The first-order chi connectivity index (χ1) is 9.47. The van der Waals surface area contributed by atoms with Gasteiger partial charge in [-0.25, -0.2) is 13.1 Å². The van der Waals surface area contributed by atoms with Crippen LogP contribution in [-0.4, -0.2) is 34.2 Å². The number of nitrogens with one attached hydrogen (secondary N) is 2. The molecular weight excluding hydrogens is 276 g/mol. The molecule has 1 fully saturated rings. The Balaban J connectivity index is 2.26. The lowest BCUT2D eigenvalue weighted by Gasteiger charge is -2.34. The summed E-state index contributed by atoms with van der Waals surface area (Å²) in [4.78, 5) is 0.334. The van der Waals surface area contributed by atoms with Gasteiger partial charge in [-0.3, -0.25) is 0 Å². The summed E-state index contributed by atoms with van der Waals surface area (Å²) in [5.74, 6) is 0. The highest BCUT2D eigenvalue weighted by Crippen LogP contribution is 2.23. The minimum Gasteiger partial charge on any atom is -0.380 e. The molecule has 0 bridgehead atoms. The Kier molecular flexibility index (Phi) is 4.80. The van der Waals surface area contributed by atoms with E-state index in [9.17, 15) is 8.42 Å². The van der Waals surface area contributed by atoms with Gasteiger partial charge in [0.05, 0.1) is 17.0 Å². The molecule has 1 atom stereocenters. The number of sulfonamides is 1. The highest BCUT2D eigenvalue weighted by molar-refractivity contribution is 7.89. The normalized spacial score (nSPS) is 23.7. The monoisotopic (exact) mass is 298 g/mol. The molecular formula is C14H22N2O3S. The first-order valence-electron chi connectivity index (χ1n) is 6.81. The van der Waals surface area contributed by atoms with Crippen LogP contribution in [0, 0.1) is 0 Å². The molecule has 0 aromatic heterocycles. The van der Waals surface area contributed by atoms with Crippen molar-refractivity contribution < 1.29 is 13.2 Å². The topological polar surface area (TPSA) is 67.4 Å². The maximum absolute atomic E-state index is 12.6. The van der Waals surface area contributed by atoms with Crippen molar-refractivity contribution in [3.8, 4) is 0 Å². The molecule has 1 aliphatic heterocycles. The maximum atomic E-state index is 12.6. The Morgan fingerprint density at radius 3 is 2.75 bits per heavy atom. The summed E-state index contributed by atoms with van der Waals surface area (Å²) in [6, 6.07) is 7.05. The van der Waals surface area contributed by atoms with Gasteiger partial charge in [-0.1, -0.05) is 18.2 Å². The van der Waals surface area contributed by atoms with Gasteiger partial charge >= 0.3 is 0 Å². The predicted octanol–water partition coefficient (Wildman–Crippen LogP) is 1.25. The van der Waals surface area contributed by atoms with Crippen LogP contribution in [0.15, 0.2) is 29.2 Å². The van der Waals surface area contributed by atoms with Crippen LogP contribution in [0.3, 0.4) is 0 Å². The van der Waals surface area contributed by atoms with Gasteiger partial charge in [-0.2, -0.15) is 0 Å². The highest BCUT2D eigenvalue weighted by Gasteiger charge is 2.33. The molecule has 6 heteroatoms. The van der Waals surface area contributed by atoms with Crippen molar-refractivity contribution in [2.24, 2.45) is 0 Å². The van der Waals surface area contributed by atoms with Crippen molar-refractivity contribution in [1.82, 2.24) is 10.0 Å². The van der Waals surface area contributed by atoms with Gasteiger partial charge in [-0.15, -0.1) is 0 Å². The fraction of sp³-hybridized carbons (Fsp3) is 0.571. The molecule has 0 aliphatic carbocycles. The fourth-order valence-corrected chi connectivity index (χ4v) is 4.16. The van der Waals surface area contributed by atoms with E-state index >= 15 is 0 Å². The second kappa shape index (κ2) is 6.22. The summed E-state index contributed by atoms with van der Waals surface area (Å²) in [5, 5.41) is 2.99. The molecule has 1 aromatic carbocycles. The quantitative estimate of drug-likeness (QED) is 0.858. The standard InChI is InChI=1S/C14H22N2O3S/c1-14(8-5-9-19-11-14)16-20(17,18)13-7-4-3-6-12(13)10-15-2/h3-4,6-7,15-16H,5,8-11H2,1-2H3. The van der Waals surface area contributed by atoms with Crippen LogP contribution in [0.2, 0.25) is 0 Å². The summed E-state index contributed by atoms with van der Waals surface area (Å²) in [6.45, 7) is 3.53. The molecule has 20 heavy (non-hydrogen) atoms. The molecule has 2 rings (SSSR count). The molecule has 1 saturated heterocycles. The Morgan fingerprint density at radius 1 is 1.35 bits per heavy atom. The van der Waals surface area contributed by atoms with Crippen LogP contribution in [0.25, 0.3) is 0 Å². The van der Waals surface area contributed by atoms with Gasteiger partial charge in [0.1, 0.15) is 0 Å². The lowest BCUT2D eigenvalue weighted by Crippen LogP contribution is -2.51. The van der Waals surface area contributed by atoms with Crippen LogP contribution in [0.1, 0.15) is 25.3 Å². The summed E-state index contributed by atoms with van der Waals surface area (Å²) < 4.78 is 33.4. The predicted molar refractivity (Wildman–Crippen MR) is 78.0 cm³/mol. The Bertz CT molecular complexity index is 551. The van der Waals surface area contributed by atoms with Crippen molar-refractivity contribution in [3.05, 3.63) is 29.8 Å². The molecule has 0 amide bonds. The van der Waals surface area contributed by atoms with Gasteiger partial charge in [0.25, 0.3) is 0 Å². The summed E-state index contributed by atoms with van der Waals surface area (Å²) in [6.07, 6.45) is 1.66. The summed E-state index contributed by atoms with van der Waals surface area (Å²) >= 11 is 0. The van der Waals surface area contributed by atoms with Crippen molar-refractivity contribution in [3.63, 3.8) is 0 Å². The molecule has 0 radical (unpaired) electrons. The minimum atomic E-state index is -3.54. The fourth-order valence-electron chi connectivity index (χ4n) is 2.50. The smallest absolute Gasteiger partial charge is 0.241 e. The molecule has 2 N–H and O–H groups in total. The average molecular weight is 298 g/mol. The zero-order valence-corrected chi connectivity index (χ0v) is 12.8. The van der Waals surface area contributed by atoms with E-state index in [2.05, 4.69) is 10.0 Å². The Hall–Kier alpha value is -0.950. The van der Waals surface area contributed by atoms with Crippen molar-refractivity contribution in [1.29, 1.82) is 0 Å². The second-order valence-corrected chi connectivity index (χ2v) is 7.11. The van der Waals surface area contributed by atoms with E-state index in [1.165, 1.54) is 0 Å². The van der Waals surface area contributed by atoms with E-state index in [4.69, 9.17) is 4.74 Å². The zero-order chi connectivity index (χ0) is 14.6. The van der Waals surface area contributed by atoms with Crippen molar-refractivity contribution >= 4 is 10.0 Å². The second-order valence-electron chi connectivity index (χ2n) is 5.46. The number of ether oxygens (including phenoxy) is 1. The van der Waals surface area contributed by atoms with Crippen molar-refractivity contribution in [2.45, 2.75) is 36.7 Å². The number of hydrogen-bond acceptors (Lipinski definition) is 4. The third-order valence-corrected chi connectivity index (χ3v) is 5.19. The van der Waals surface area contributed by atoms with E-state index in [1.54, 1.807) is 19.2 Å². The average Bonchev–Trinajstić information content (AvgIpc) is 2.39. The van der Waals surface area contributed by atoms with Gasteiger partial charge in [0.15, 0.2) is 0 Å². The van der Waals surface area contributed by atoms with Crippen LogP contribution >= 0.6 is 0 Å². The zero-order valence-electron chi connectivity index (χ0n) is 12.0. The molecule has 1 aliphatic rings. The molecule has 5 nitrogen and oxygen atoms in total. The van der Waals surface area contributed by atoms with Gasteiger partial charge in [0, 0.05) is 13.2 Å². The van der Waals surface area contributed by atoms with Gasteiger partial charge in [0.2, 0.25) is 10.0 Å². The van der Waals surface area contributed by atoms with Crippen LogP contribution in [0.4, 0.5) is 0 Å². The van der Waals surface area contributed by atoms with E-state index in [0.29, 0.717) is 24.7 Å². The summed E-state index contributed by atoms with van der Waals surface area (Å²) in [5.41, 5.74) is 0.243. The highest BCUT2D eigenvalue weighted by atomic mass is 32.2. The SMILES string of the molecule is CNCc1ccccc1S(=O)(=O)NC1(C)CCCOC1. The van der Waals surface area contributed by atoms with E-state index in [0.717, 1.165) is 18.4 Å². The number of rotatable bonds is 5. The number of hydrogen-bond donors (Lipinski definition) is 2. The first-order valence-corrected chi connectivity index (χ1v) is 8.29. The molecule has 0 spiro atoms. The minimum absolute atomic E-state index is 0.334.